The van der Waals surface area contributed by atoms with Gasteiger partial charge in [0.2, 0.25) is 0 Å². The van der Waals surface area contributed by atoms with Gasteiger partial charge in [0.05, 0.1) is 14.2 Å². The Morgan fingerprint density at radius 2 is 1.57 bits per heavy atom. The second kappa shape index (κ2) is 6.64. The van der Waals surface area contributed by atoms with Crippen molar-refractivity contribution in [3.63, 3.8) is 0 Å². The van der Waals surface area contributed by atoms with Crippen molar-refractivity contribution in [3.8, 4) is 11.5 Å². The van der Waals surface area contributed by atoms with Crippen molar-refractivity contribution < 1.29 is 9.47 Å². The fourth-order valence-electron chi connectivity index (χ4n) is 2.58. The van der Waals surface area contributed by atoms with Crippen molar-refractivity contribution in [1.29, 1.82) is 0 Å². The summed E-state index contributed by atoms with van der Waals surface area (Å²) in [6.45, 7) is 4.17. The zero-order valence-electron chi connectivity index (χ0n) is 13.1. The highest BCUT2D eigenvalue weighted by atomic mass is 16.5. The number of aryl methyl sites for hydroxylation is 2. The highest BCUT2D eigenvalue weighted by molar-refractivity contribution is 5.48. The molecular weight excluding hydrogens is 262 g/mol. The molecule has 2 aromatic carbocycles. The van der Waals surface area contributed by atoms with E-state index in [1.165, 1.54) is 11.1 Å². The molecule has 112 valence electrons. The molecule has 2 aromatic rings. The summed E-state index contributed by atoms with van der Waals surface area (Å²) in [4.78, 5) is 0. The lowest BCUT2D eigenvalue weighted by atomic mass is 9.93. The zero-order valence-corrected chi connectivity index (χ0v) is 13.1. The molecule has 3 nitrogen and oxygen atoms in total. The summed E-state index contributed by atoms with van der Waals surface area (Å²) in [6, 6.07) is 12.2. The van der Waals surface area contributed by atoms with Gasteiger partial charge in [-0.05, 0) is 54.7 Å². The van der Waals surface area contributed by atoms with E-state index >= 15 is 0 Å². The molecule has 0 saturated carbocycles. The Bertz CT molecular complexity index is 623. The molecule has 2 N–H and O–H groups in total. The fraction of sp³-hybridized carbons (Fsp3) is 0.333. The molecule has 0 aliphatic rings. The average Bonchev–Trinajstić information content (AvgIpc) is 2.49. The molecule has 0 fully saturated rings. The van der Waals surface area contributed by atoms with Crippen molar-refractivity contribution in [2.24, 2.45) is 5.73 Å². The maximum absolute atomic E-state index is 6.42. The Morgan fingerprint density at radius 3 is 2.19 bits per heavy atom. The van der Waals surface area contributed by atoms with Crippen LogP contribution in [-0.2, 0) is 6.42 Å². The maximum atomic E-state index is 6.42. The molecular formula is C18H23NO2. The quantitative estimate of drug-likeness (QED) is 0.913. The number of methoxy groups -OCH3 is 2. The number of nitrogens with two attached hydrogens (primary N) is 1. The minimum absolute atomic E-state index is 0.0640. The van der Waals surface area contributed by atoms with Crippen LogP contribution >= 0.6 is 0 Å². The predicted octanol–water partition coefficient (Wildman–Crippen LogP) is 3.56. The van der Waals surface area contributed by atoms with E-state index in [0.717, 1.165) is 29.0 Å². The number of benzene rings is 2. The van der Waals surface area contributed by atoms with Crippen molar-refractivity contribution in [2.75, 3.05) is 14.2 Å². The van der Waals surface area contributed by atoms with Gasteiger partial charge >= 0.3 is 0 Å². The van der Waals surface area contributed by atoms with Crippen LogP contribution < -0.4 is 15.2 Å². The summed E-state index contributed by atoms with van der Waals surface area (Å²) in [7, 11) is 3.29. The predicted molar refractivity (Wildman–Crippen MR) is 86.1 cm³/mol. The zero-order chi connectivity index (χ0) is 15.4. The van der Waals surface area contributed by atoms with Gasteiger partial charge in [0.25, 0.3) is 0 Å². The molecule has 0 bridgehead atoms. The van der Waals surface area contributed by atoms with Gasteiger partial charge < -0.3 is 15.2 Å². The Morgan fingerprint density at radius 1 is 0.952 bits per heavy atom. The van der Waals surface area contributed by atoms with Gasteiger partial charge in [0, 0.05) is 6.04 Å². The lowest BCUT2D eigenvalue weighted by Gasteiger charge is -2.18. The molecule has 3 heteroatoms. The van der Waals surface area contributed by atoms with E-state index in [-0.39, 0.29) is 6.04 Å². The van der Waals surface area contributed by atoms with Crippen molar-refractivity contribution >= 4 is 0 Å². The van der Waals surface area contributed by atoms with Crippen LogP contribution in [0.4, 0.5) is 0 Å². The first-order chi connectivity index (χ1) is 10.1. The first kappa shape index (κ1) is 15.4. The Kier molecular flexibility index (Phi) is 4.86. The summed E-state index contributed by atoms with van der Waals surface area (Å²) in [6.07, 6.45) is 0.809. The molecule has 2 rings (SSSR count). The van der Waals surface area contributed by atoms with E-state index in [1.54, 1.807) is 14.2 Å². The van der Waals surface area contributed by atoms with E-state index in [0.29, 0.717) is 0 Å². The second-order valence-corrected chi connectivity index (χ2v) is 5.30. The summed E-state index contributed by atoms with van der Waals surface area (Å²) in [5.41, 5.74) is 11.2. The number of ether oxygens (including phenoxy) is 2. The maximum Gasteiger partial charge on any atom is 0.161 e. The van der Waals surface area contributed by atoms with Gasteiger partial charge in [0.1, 0.15) is 0 Å². The molecule has 0 amide bonds. The monoisotopic (exact) mass is 285 g/mol. The lowest BCUT2D eigenvalue weighted by molar-refractivity contribution is 0.354. The van der Waals surface area contributed by atoms with E-state index in [1.807, 2.05) is 18.2 Å². The number of hydrogen-bond donors (Lipinski definition) is 1. The third kappa shape index (κ3) is 3.37. The van der Waals surface area contributed by atoms with Crippen LogP contribution in [0.1, 0.15) is 28.3 Å². The summed E-state index contributed by atoms with van der Waals surface area (Å²) in [5, 5.41) is 0. The van der Waals surface area contributed by atoms with E-state index < -0.39 is 0 Å². The highest BCUT2D eigenvalue weighted by Crippen LogP contribution is 2.33. The van der Waals surface area contributed by atoms with Gasteiger partial charge in [-0.3, -0.25) is 0 Å². The van der Waals surface area contributed by atoms with Gasteiger partial charge in [-0.1, -0.05) is 24.3 Å². The van der Waals surface area contributed by atoms with Gasteiger partial charge in [-0.2, -0.15) is 0 Å². The summed E-state index contributed by atoms with van der Waals surface area (Å²) < 4.78 is 10.7. The topological polar surface area (TPSA) is 44.5 Å². The number of rotatable bonds is 5. The minimum Gasteiger partial charge on any atom is -0.493 e. The van der Waals surface area contributed by atoms with E-state index in [2.05, 4.69) is 32.0 Å². The van der Waals surface area contributed by atoms with Gasteiger partial charge in [0.15, 0.2) is 11.5 Å². The standard InChI is InChI=1S/C18H23NO2/c1-12-7-5-6-8-14(12)10-16(19)15-11-18(21-4)17(20-3)9-13(15)2/h5-9,11,16H,10,19H2,1-4H3. The normalized spacial score (nSPS) is 12.0. The van der Waals surface area contributed by atoms with Gasteiger partial charge in [-0.25, -0.2) is 0 Å². The van der Waals surface area contributed by atoms with Crippen LogP contribution in [0, 0.1) is 13.8 Å². The van der Waals surface area contributed by atoms with Crippen molar-refractivity contribution in [1.82, 2.24) is 0 Å². The smallest absolute Gasteiger partial charge is 0.161 e. The third-order valence-corrected chi connectivity index (χ3v) is 3.87. The van der Waals surface area contributed by atoms with Crippen molar-refractivity contribution in [2.45, 2.75) is 26.3 Å². The molecule has 0 saturated heterocycles. The fourth-order valence-corrected chi connectivity index (χ4v) is 2.58. The van der Waals surface area contributed by atoms with Crippen LogP contribution in [0.3, 0.4) is 0 Å². The van der Waals surface area contributed by atoms with Crippen LogP contribution in [-0.4, -0.2) is 14.2 Å². The van der Waals surface area contributed by atoms with Crippen LogP contribution in [0.5, 0.6) is 11.5 Å². The van der Waals surface area contributed by atoms with Crippen LogP contribution in [0.2, 0.25) is 0 Å². The Hall–Kier alpha value is -2.00. The highest BCUT2D eigenvalue weighted by Gasteiger charge is 2.15. The molecule has 0 heterocycles. The molecule has 1 atom stereocenters. The van der Waals surface area contributed by atoms with Crippen LogP contribution in [0.25, 0.3) is 0 Å². The Labute approximate surface area is 126 Å². The molecule has 0 aromatic heterocycles. The van der Waals surface area contributed by atoms with Gasteiger partial charge in [-0.15, -0.1) is 0 Å². The largest absolute Gasteiger partial charge is 0.493 e. The Balaban J connectivity index is 2.31. The van der Waals surface area contributed by atoms with Crippen LogP contribution in [0.15, 0.2) is 36.4 Å². The first-order valence-electron chi connectivity index (χ1n) is 7.09. The molecule has 21 heavy (non-hydrogen) atoms. The molecule has 1 unspecified atom stereocenters. The van der Waals surface area contributed by atoms with E-state index in [9.17, 15) is 0 Å². The molecule has 0 aliphatic heterocycles. The summed E-state index contributed by atoms with van der Waals surface area (Å²) in [5.74, 6) is 1.46. The minimum atomic E-state index is -0.0640. The molecule has 0 aliphatic carbocycles. The SMILES string of the molecule is COc1cc(C)c(C(N)Cc2ccccc2C)cc1OC. The average molecular weight is 285 g/mol. The first-order valence-corrected chi connectivity index (χ1v) is 7.09. The molecule has 0 spiro atoms. The lowest BCUT2D eigenvalue weighted by Crippen LogP contribution is -2.15. The van der Waals surface area contributed by atoms with E-state index in [4.69, 9.17) is 15.2 Å². The number of hydrogen-bond acceptors (Lipinski definition) is 3. The van der Waals surface area contributed by atoms with Crippen molar-refractivity contribution in [3.05, 3.63) is 58.7 Å². The summed E-state index contributed by atoms with van der Waals surface area (Å²) >= 11 is 0. The third-order valence-electron chi connectivity index (χ3n) is 3.87. The molecule has 0 radical (unpaired) electrons. The second-order valence-electron chi connectivity index (χ2n) is 5.30.